The SMILES string of the molecule is CCn1nccc1-c1cncc(N)n1. The maximum atomic E-state index is 5.55. The molecule has 2 aromatic heterocycles. The third-order valence-electron chi connectivity index (χ3n) is 1.93. The number of nitrogens with zero attached hydrogens (tertiary/aromatic N) is 4. The monoisotopic (exact) mass is 189 g/mol. The van der Waals surface area contributed by atoms with Crippen molar-refractivity contribution in [2.75, 3.05) is 5.73 Å². The smallest absolute Gasteiger partial charge is 0.142 e. The van der Waals surface area contributed by atoms with Crippen LogP contribution in [0.2, 0.25) is 0 Å². The Kier molecular flexibility index (Phi) is 2.14. The van der Waals surface area contributed by atoms with E-state index in [9.17, 15) is 0 Å². The van der Waals surface area contributed by atoms with Gasteiger partial charge in [0, 0.05) is 12.7 Å². The van der Waals surface area contributed by atoms with E-state index in [4.69, 9.17) is 5.73 Å². The van der Waals surface area contributed by atoms with Gasteiger partial charge in [-0.2, -0.15) is 5.10 Å². The van der Waals surface area contributed by atoms with Gasteiger partial charge in [0.25, 0.3) is 0 Å². The van der Waals surface area contributed by atoms with Gasteiger partial charge in [0.05, 0.1) is 18.1 Å². The molecule has 0 fully saturated rings. The van der Waals surface area contributed by atoms with Gasteiger partial charge in [0.2, 0.25) is 0 Å². The number of nitrogens with two attached hydrogens (primary N) is 1. The summed E-state index contributed by atoms with van der Waals surface area (Å²) in [6.07, 6.45) is 4.94. The Bertz CT molecular complexity index is 434. The number of nitrogen functional groups attached to an aromatic ring is 1. The van der Waals surface area contributed by atoms with Gasteiger partial charge in [0.1, 0.15) is 11.5 Å². The van der Waals surface area contributed by atoms with Crippen molar-refractivity contribution in [3.8, 4) is 11.4 Å². The predicted molar refractivity (Wildman–Crippen MR) is 53.3 cm³/mol. The Hall–Kier alpha value is -1.91. The molecule has 0 saturated heterocycles. The Morgan fingerprint density at radius 3 is 3.00 bits per heavy atom. The molecular weight excluding hydrogens is 178 g/mol. The molecule has 0 spiro atoms. The molecular formula is C9H11N5. The van der Waals surface area contributed by atoms with Crippen molar-refractivity contribution in [2.24, 2.45) is 0 Å². The first kappa shape index (κ1) is 8.68. The summed E-state index contributed by atoms with van der Waals surface area (Å²) in [6, 6.07) is 1.90. The van der Waals surface area contributed by atoms with E-state index in [1.165, 1.54) is 6.20 Å². The zero-order chi connectivity index (χ0) is 9.97. The van der Waals surface area contributed by atoms with Gasteiger partial charge in [-0.1, -0.05) is 0 Å². The topological polar surface area (TPSA) is 69.6 Å². The normalized spacial score (nSPS) is 10.4. The molecule has 0 aliphatic carbocycles. The molecule has 2 rings (SSSR count). The average molecular weight is 189 g/mol. The van der Waals surface area contributed by atoms with Crippen LogP contribution in [0.3, 0.4) is 0 Å². The predicted octanol–water partition coefficient (Wildman–Crippen LogP) is 0.942. The van der Waals surface area contributed by atoms with E-state index in [-0.39, 0.29) is 0 Å². The van der Waals surface area contributed by atoms with Crippen LogP contribution in [0.4, 0.5) is 5.82 Å². The highest BCUT2D eigenvalue weighted by molar-refractivity contribution is 5.54. The molecule has 0 bridgehead atoms. The van der Waals surface area contributed by atoms with Crippen molar-refractivity contribution < 1.29 is 0 Å². The van der Waals surface area contributed by atoms with Crippen molar-refractivity contribution in [3.05, 3.63) is 24.7 Å². The highest BCUT2D eigenvalue weighted by atomic mass is 15.3. The number of aromatic nitrogens is 4. The number of anilines is 1. The second-order valence-corrected chi connectivity index (χ2v) is 2.86. The van der Waals surface area contributed by atoms with E-state index in [0.717, 1.165) is 17.9 Å². The zero-order valence-corrected chi connectivity index (χ0v) is 7.88. The van der Waals surface area contributed by atoms with Gasteiger partial charge >= 0.3 is 0 Å². The van der Waals surface area contributed by atoms with Gasteiger partial charge in [-0.25, -0.2) is 4.98 Å². The van der Waals surface area contributed by atoms with Crippen LogP contribution >= 0.6 is 0 Å². The van der Waals surface area contributed by atoms with Crippen molar-refractivity contribution in [1.82, 2.24) is 19.7 Å². The summed E-state index contributed by atoms with van der Waals surface area (Å²) in [5.41, 5.74) is 7.24. The summed E-state index contributed by atoms with van der Waals surface area (Å²) >= 11 is 0. The highest BCUT2D eigenvalue weighted by Gasteiger charge is 2.05. The van der Waals surface area contributed by atoms with Crippen LogP contribution in [0.25, 0.3) is 11.4 Å². The molecule has 72 valence electrons. The molecule has 0 radical (unpaired) electrons. The van der Waals surface area contributed by atoms with Gasteiger partial charge in [-0.15, -0.1) is 0 Å². The molecule has 0 aromatic carbocycles. The lowest BCUT2D eigenvalue weighted by molar-refractivity contribution is 0.665. The molecule has 0 unspecified atom stereocenters. The molecule has 14 heavy (non-hydrogen) atoms. The van der Waals surface area contributed by atoms with Crippen LogP contribution in [0, 0.1) is 0 Å². The van der Waals surface area contributed by atoms with Gasteiger partial charge < -0.3 is 5.73 Å². The van der Waals surface area contributed by atoms with E-state index in [1.807, 2.05) is 17.7 Å². The molecule has 2 N–H and O–H groups in total. The number of hydrogen-bond donors (Lipinski definition) is 1. The van der Waals surface area contributed by atoms with E-state index >= 15 is 0 Å². The van der Waals surface area contributed by atoms with Crippen molar-refractivity contribution >= 4 is 5.82 Å². The lowest BCUT2D eigenvalue weighted by atomic mass is 10.3. The van der Waals surface area contributed by atoms with Crippen molar-refractivity contribution in [1.29, 1.82) is 0 Å². The second kappa shape index (κ2) is 3.45. The fourth-order valence-electron chi connectivity index (χ4n) is 1.31. The van der Waals surface area contributed by atoms with Crippen LogP contribution in [0.5, 0.6) is 0 Å². The molecule has 2 aromatic rings. The van der Waals surface area contributed by atoms with Crippen LogP contribution < -0.4 is 5.73 Å². The Labute approximate surface area is 81.6 Å². The van der Waals surface area contributed by atoms with Gasteiger partial charge in [-0.05, 0) is 13.0 Å². The van der Waals surface area contributed by atoms with E-state index < -0.39 is 0 Å². The lowest BCUT2D eigenvalue weighted by Crippen LogP contribution is -2.01. The van der Waals surface area contributed by atoms with Crippen molar-refractivity contribution in [3.63, 3.8) is 0 Å². The number of rotatable bonds is 2. The standard InChI is InChI=1S/C9H11N5/c1-2-14-8(3-4-12-14)7-5-11-6-9(10)13-7/h3-6H,2H2,1H3,(H2,10,13). The highest BCUT2D eigenvalue weighted by Crippen LogP contribution is 2.15. The molecule has 0 aliphatic heterocycles. The first-order valence-electron chi connectivity index (χ1n) is 4.41. The average Bonchev–Trinajstić information content (AvgIpc) is 2.65. The Morgan fingerprint density at radius 1 is 1.43 bits per heavy atom. The molecule has 5 nitrogen and oxygen atoms in total. The summed E-state index contributed by atoms with van der Waals surface area (Å²) in [5.74, 6) is 0.423. The number of aryl methyl sites for hydroxylation is 1. The minimum atomic E-state index is 0.423. The molecule has 0 amide bonds. The zero-order valence-electron chi connectivity index (χ0n) is 7.88. The van der Waals surface area contributed by atoms with E-state index in [0.29, 0.717) is 5.82 Å². The first-order valence-corrected chi connectivity index (χ1v) is 4.41. The second-order valence-electron chi connectivity index (χ2n) is 2.86. The molecule has 2 heterocycles. The Balaban J connectivity index is 2.49. The van der Waals surface area contributed by atoms with Crippen LogP contribution in [0.1, 0.15) is 6.92 Å². The summed E-state index contributed by atoms with van der Waals surface area (Å²) in [4.78, 5) is 8.17. The molecule has 0 aliphatic rings. The lowest BCUT2D eigenvalue weighted by Gasteiger charge is -2.03. The maximum Gasteiger partial charge on any atom is 0.142 e. The van der Waals surface area contributed by atoms with Gasteiger partial charge in [0.15, 0.2) is 0 Å². The minimum Gasteiger partial charge on any atom is -0.382 e. The summed E-state index contributed by atoms with van der Waals surface area (Å²) in [7, 11) is 0. The van der Waals surface area contributed by atoms with Gasteiger partial charge in [-0.3, -0.25) is 9.67 Å². The number of hydrogen-bond acceptors (Lipinski definition) is 4. The first-order chi connectivity index (χ1) is 6.81. The van der Waals surface area contributed by atoms with Crippen LogP contribution in [-0.4, -0.2) is 19.7 Å². The summed E-state index contributed by atoms with van der Waals surface area (Å²) in [6.45, 7) is 2.83. The van der Waals surface area contributed by atoms with E-state index in [2.05, 4.69) is 15.1 Å². The fourth-order valence-corrected chi connectivity index (χ4v) is 1.31. The third-order valence-corrected chi connectivity index (χ3v) is 1.93. The molecule has 0 saturated carbocycles. The quantitative estimate of drug-likeness (QED) is 0.763. The van der Waals surface area contributed by atoms with Crippen LogP contribution in [0.15, 0.2) is 24.7 Å². The summed E-state index contributed by atoms with van der Waals surface area (Å²) in [5, 5.41) is 4.15. The van der Waals surface area contributed by atoms with Crippen LogP contribution in [-0.2, 0) is 6.54 Å². The summed E-state index contributed by atoms with van der Waals surface area (Å²) < 4.78 is 1.85. The molecule has 5 heteroatoms. The molecule has 0 atom stereocenters. The Morgan fingerprint density at radius 2 is 2.29 bits per heavy atom. The van der Waals surface area contributed by atoms with Crippen molar-refractivity contribution in [2.45, 2.75) is 13.5 Å². The maximum absolute atomic E-state index is 5.55. The third kappa shape index (κ3) is 1.44. The largest absolute Gasteiger partial charge is 0.382 e. The minimum absolute atomic E-state index is 0.423. The van der Waals surface area contributed by atoms with E-state index in [1.54, 1.807) is 12.4 Å². The fraction of sp³-hybridized carbons (Fsp3) is 0.222.